The van der Waals surface area contributed by atoms with Gasteiger partial charge in [-0.3, -0.25) is 20.4 Å². The summed E-state index contributed by atoms with van der Waals surface area (Å²) >= 11 is 0. The van der Waals surface area contributed by atoms with Crippen LogP contribution in [0.25, 0.3) is 0 Å². The topological polar surface area (TPSA) is 107 Å². The summed E-state index contributed by atoms with van der Waals surface area (Å²) in [6.45, 7) is 0.973. The number of rotatable bonds is 6. The van der Waals surface area contributed by atoms with Crippen LogP contribution in [0.15, 0.2) is 47.1 Å². The van der Waals surface area contributed by atoms with Gasteiger partial charge in [-0.25, -0.2) is 4.79 Å². The molecule has 8 heteroatoms. The van der Waals surface area contributed by atoms with Gasteiger partial charge in [0.05, 0.1) is 6.26 Å². The molecule has 1 aromatic heterocycles. The third-order valence-electron chi connectivity index (χ3n) is 2.86. The van der Waals surface area contributed by atoms with Crippen LogP contribution >= 0.6 is 0 Å². The molecule has 0 spiro atoms. The zero-order valence-corrected chi connectivity index (χ0v) is 12.9. The van der Waals surface area contributed by atoms with Gasteiger partial charge in [-0.05, 0) is 30.7 Å². The average Bonchev–Trinajstić information content (AvgIpc) is 3.11. The SMILES string of the molecule is Cc1ccccc1OCC(=O)OCC(=O)NNC(=O)c1ccco1. The number of para-hydroxylation sites is 1. The number of hydrazine groups is 1. The summed E-state index contributed by atoms with van der Waals surface area (Å²) in [6.07, 6.45) is 1.33. The Morgan fingerprint density at radius 1 is 1.04 bits per heavy atom. The molecule has 0 radical (unpaired) electrons. The third kappa shape index (κ3) is 5.16. The van der Waals surface area contributed by atoms with Crippen LogP contribution < -0.4 is 15.6 Å². The Morgan fingerprint density at radius 2 is 1.83 bits per heavy atom. The molecule has 2 aromatic rings. The molecule has 0 atom stereocenters. The van der Waals surface area contributed by atoms with E-state index < -0.39 is 24.4 Å². The Balaban J connectivity index is 1.65. The monoisotopic (exact) mass is 332 g/mol. The molecule has 24 heavy (non-hydrogen) atoms. The fourth-order valence-corrected chi connectivity index (χ4v) is 1.67. The molecule has 0 aliphatic heterocycles. The van der Waals surface area contributed by atoms with E-state index in [1.807, 2.05) is 19.1 Å². The van der Waals surface area contributed by atoms with Crippen molar-refractivity contribution in [2.24, 2.45) is 0 Å². The molecule has 0 aliphatic rings. The van der Waals surface area contributed by atoms with Crippen LogP contribution in [-0.4, -0.2) is 31.0 Å². The molecule has 0 saturated heterocycles. The predicted molar refractivity (Wildman–Crippen MR) is 81.9 cm³/mol. The minimum atomic E-state index is -0.703. The van der Waals surface area contributed by atoms with Gasteiger partial charge in [0.2, 0.25) is 0 Å². The minimum absolute atomic E-state index is 0.0407. The van der Waals surface area contributed by atoms with Crippen LogP contribution in [0.4, 0.5) is 0 Å². The lowest BCUT2D eigenvalue weighted by molar-refractivity contribution is -0.150. The van der Waals surface area contributed by atoms with Crippen LogP contribution in [-0.2, 0) is 14.3 Å². The van der Waals surface area contributed by atoms with Gasteiger partial charge in [0.1, 0.15) is 5.75 Å². The van der Waals surface area contributed by atoms with Crippen molar-refractivity contribution in [2.75, 3.05) is 13.2 Å². The van der Waals surface area contributed by atoms with Crippen LogP contribution in [0.1, 0.15) is 16.1 Å². The summed E-state index contributed by atoms with van der Waals surface area (Å²) in [6, 6.07) is 10.2. The first-order valence-corrected chi connectivity index (χ1v) is 7.03. The molecule has 0 saturated carbocycles. The number of carbonyl (C=O) groups excluding carboxylic acids is 3. The van der Waals surface area contributed by atoms with E-state index in [1.54, 1.807) is 12.1 Å². The Hall–Kier alpha value is -3.29. The second-order valence-corrected chi connectivity index (χ2v) is 4.69. The lowest BCUT2D eigenvalue weighted by Gasteiger charge is -2.09. The molecule has 2 N–H and O–H groups in total. The number of hydrogen-bond donors (Lipinski definition) is 2. The summed E-state index contributed by atoms with van der Waals surface area (Å²) in [5.74, 6) is -1.42. The Bertz CT molecular complexity index is 711. The van der Waals surface area contributed by atoms with Gasteiger partial charge in [-0.15, -0.1) is 0 Å². The van der Waals surface area contributed by atoms with Gasteiger partial charge in [-0.2, -0.15) is 0 Å². The largest absolute Gasteiger partial charge is 0.482 e. The fraction of sp³-hybridized carbons (Fsp3) is 0.188. The molecular weight excluding hydrogens is 316 g/mol. The standard InChI is InChI=1S/C16H16N2O6/c1-11-5-2-3-6-12(11)23-10-15(20)24-9-14(19)17-18-16(21)13-7-4-8-22-13/h2-8H,9-10H2,1H3,(H,17,19)(H,18,21). The zero-order valence-electron chi connectivity index (χ0n) is 12.9. The van der Waals surface area contributed by atoms with Crippen molar-refractivity contribution >= 4 is 17.8 Å². The summed E-state index contributed by atoms with van der Waals surface area (Å²) in [7, 11) is 0. The van der Waals surface area contributed by atoms with E-state index in [4.69, 9.17) is 13.9 Å². The predicted octanol–water partition coefficient (Wildman–Crippen LogP) is 0.971. The number of hydrogen-bond acceptors (Lipinski definition) is 6. The fourth-order valence-electron chi connectivity index (χ4n) is 1.67. The molecule has 0 bridgehead atoms. The van der Waals surface area contributed by atoms with Crippen LogP contribution in [0, 0.1) is 6.92 Å². The van der Waals surface area contributed by atoms with E-state index in [1.165, 1.54) is 18.4 Å². The maximum Gasteiger partial charge on any atom is 0.344 e. The number of amides is 2. The first-order valence-electron chi connectivity index (χ1n) is 7.03. The van der Waals surface area contributed by atoms with Crippen LogP contribution in [0.3, 0.4) is 0 Å². The number of esters is 1. The summed E-state index contributed by atoms with van der Waals surface area (Å²) in [4.78, 5) is 34.5. The normalized spacial score (nSPS) is 9.88. The molecule has 1 heterocycles. The molecular formula is C16H16N2O6. The van der Waals surface area contributed by atoms with Gasteiger partial charge in [0, 0.05) is 0 Å². The quantitative estimate of drug-likeness (QED) is 0.603. The summed E-state index contributed by atoms with van der Waals surface area (Å²) in [5, 5.41) is 0. The second kappa shape index (κ2) is 8.37. The van der Waals surface area contributed by atoms with E-state index in [9.17, 15) is 14.4 Å². The van der Waals surface area contributed by atoms with Crippen molar-refractivity contribution in [1.29, 1.82) is 0 Å². The number of benzene rings is 1. The van der Waals surface area contributed by atoms with Crippen molar-refractivity contribution in [3.8, 4) is 5.75 Å². The third-order valence-corrected chi connectivity index (χ3v) is 2.86. The Labute approximate surface area is 137 Å². The van der Waals surface area contributed by atoms with Crippen molar-refractivity contribution in [1.82, 2.24) is 10.9 Å². The van der Waals surface area contributed by atoms with Gasteiger partial charge in [-0.1, -0.05) is 18.2 Å². The highest BCUT2D eigenvalue weighted by atomic mass is 16.6. The van der Waals surface area contributed by atoms with E-state index in [2.05, 4.69) is 10.9 Å². The molecule has 1 aromatic carbocycles. The minimum Gasteiger partial charge on any atom is -0.482 e. The highest BCUT2D eigenvalue weighted by molar-refractivity contribution is 5.93. The molecule has 2 amide bonds. The van der Waals surface area contributed by atoms with Gasteiger partial charge >= 0.3 is 11.9 Å². The number of ether oxygens (including phenoxy) is 2. The van der Waals surface area contributed by atoms with Crippen LogP contribution in [0.5, 0.6) is 5.75 Å². The molecule has 2 rings (SSSR count). The Morgan fingerprint density at radius 3 is 2.54 bits per heavy atom. The van der Waals surface area contributed by atoms with Crippen molar-refractivity contribution < 1.29 is 28.3 Å². The average molecular weight is 332 g/mol. The number of nitrogens with one attached hydrogen (secondary N) is 2. The first-order chi connectivity index (χ1) is 11.6. The van der Waals surface area contributed by atoms with E-state index in [-0.39, 0.29) is 12.4 Å². The van der Waals surface area contributed by atoms with E-state index >= 15 is 0 Å². The lowest BCUT2D eigenvalue weighted by atomic mass is 10.2. The van der Waals surface area contributed by atoms with Gasteiger partial charge in [0.15, 0.2) is 19.0 Å². The van der Waals surface area contributed by atoms with Crippen molar-refractivity contribution in [3.05, 3.63) is 54.0 Å². The number of aryl methyl sites for hydroxylation is 1. The molecule has 0 unspecified atom stereocenters. The lowest BCUT2D eigenvalue weighted by Crippen LogP contribution is -2.43. The van der Waals surface area contributed by atoms with Gasteiger partial charge in [0.25, 0.3) is 5.91 Å². The van der Waals surface area contributed by atoms with E-state index in [0.29, 0.717) is 5.75 Å². The molecule has 8 nitrogen and oxygen atoms in total. The highest BCUT2D eigenvalue weighted by Crippen LogP contribution is 2.15. The molecule has 126 valence electrons. The number of furan rings is 1. The zero-order chi connectivity index (χ0) is 17.4. The van der Waals surface area contributed by atoms with E-state index in [0.717, 1.165) is 5.56 Å². The molecule has 0 fully saturated rings. The molecule has 0 aliphatic carbocycles. The highest BCUT2D eigenvalue weighted by Gasteiger charge is 2.12. The first kappa shape index (κ1) is 17.1. The Kier molecular flexibility index (Phi) is 5.95. The maximum atomic E-state index is 11.5. The summed E-state index contributed by atoms with van der Waals surface area (Å²) < 4.78 is 14.9. The smallest absolute Gasteiger partial charge is 0.344 e. The second-order valence-electron chi connectivity index (χ2n) is 4.69. The van der Waals surface area contributed by atoms with Gasteiger partial charge < -0.3 is 13.9 Å². The summed E-state index contributed by atoms with van der Waals surface area (Å²) in [5.41, 5.74) is 5.09. The van der Waals surface area contributed by atoms with Crippen molar-refractivity contribution in [2.45, 2.75) is 6.92 Å². The maximum absolute atomic E-state index is 11.5. The van der Waals surface area contributed by atoms with Crippen LogP contribution in [0.2, 0.25) is 0 Å². The number of carbonyl (C=O) groups is 3. The van der Waals surface area contributed by atoms with Crippen molar-refractivity contribution in [3.63, 3.8) is 0 Å².